The number of nitrogens with zero attached hydrogens (tertiary/aromatic N) is 2. The first kappa shape index (κ1) is 22.5. The van der Waals surface area contributed by atoms with Gasteiger partial charge in [0.2, 0.25) is 17.7 Å². The normalized spacial score (nSPS) is 16.8. The molecule has 0 saturated carbocycles. The summed E-state index contributed by atoms with van der Waals surface area (Å²) < 4.78 is 0. The second-order valence-corrected chi connectivity index (χ2v) is 8.06. The Labute approximate surface area is 184 Å². The van der Waals surface area contributed by atoms with Crippen LogP contribution in [0.5, 0.6) is 0 Å². The fraction of sp³-hybridized carbons (Fsp3) is 0.400. The van der Waals surface area contributed by atoms with Gasteiger partial charge >= 0.3 is 0 Å². The Balaban J connectivity index is 1.85. The second kappa shape index (κ2) is 10.8. The zero-order valence-corrected chi connectivity index (χ0v) is 18.1. The number of amides is 3. The highest BCUT2D eigenvalue weighted by Crippen LogP contribution is 2.27. The van der Waals surface area contributed by atoms with E-state index in [2.05, 4.69) is 24.3 Å². The molecule has 3 amide bonds. The van der Waals surface area contributed by atoms with Gasteiger partial charge in [0.15, 0.2) is 0 Å². The van der Waals surface area contributed by atoms with Gasteiger partial charge in [-0.2, -0.15) is 0 Å². The summed E-state index contributed by atoms with van der Waals surface area (Å²) in [6, 6.07) is 18.3. The molecule has 1 saturated heterocycles. The maximum absolute atomic E-state index is 13.3. The molecular formula is C25H31N3O3. The molecular weight excluding hydrogens is 390 g/mol. The van der Waals surface area contributed by atoms with Crippen molar-refractivity contribution in [2.24, 2.45) is 11.7 Å². The number of benzene rings is 2. The minimum Gasteiger partial charge on any atom is -0.370 e. The molecule has 0 spiro atoms. The molecule has 0 aliphatic carbocycles. The lowest BCUT2D eigenvalue weighted by Crippen LogP contribution is -2.38. The van der Waals surface area contributed by atoms with Crippen LogP contribution in [0.15, 0.2) is 54.6 Å². The van der Waals surface area contributed by atoms with Crippen LogP contribution < -0.4 is 5.73 Å². The Morgan fingerprint density at radius 2 is 1.71 bits per heavy atom. The lowest BCUT2D eigenvalue weighted by atomic mass is 9.91. The van der Waals surface area contributed by atoms with Gasteiger partial charge in [-0.15, -0.1) is 0 Å². The van der Waals surface area contributed by atoms with Crippen LogP contribution in [0.3, 0.4) is 0 Å². The molecule has 6 nitrogen and oxygen atoms in total. The molecule has 2 aromatic carbocycles. The predicted octanol–water partition coefficient (Wildman–Crippen LogP) is 2.86. The van der Waals surface area contributed by atoms with E-state index in [1.54, 1.807) is 4.90 Å². The van der Waals surface area contributed by atoms with Crippen LogP contribution in [0.2, 0.25) is 0 Å². The molecule has 1 aliphatic rings. The van der Waals surface area contributed by atoms with Crippen LogP contribution in [-0.4, -0.2) is 53.7 Å². The third-order valence-corrected chi connectivity index (χ3v) is 5.74. The molecule has 0 bridgehead atoms. The van der Waals surface area contributed by atoms with E-state index in [1.165, 1.54) is 0 Å². The Morgan fingerprint density at radius 1 is 1.00 bits per heavy atom. The molecule has 1 fully saturated rings. The van der Waals surface area contributed by atoms with E-state index < -0.39 is 5.91 Å². The van der Waals surface area contributed by atoms with E-state index in [0.717, 1.165) is 23.1 Å². The third kappa shape index (κ3) is 5.94. The predicted molar refractivity (Wildman–Crippen MR) is 121 cm³/mol. The number of carbonyl (C=O) groups is 3. The van der Waals surface area contributed by atoms with E-state index in [0.29, 0.717) is 32.6 Å². The zero-order valence-electron chi connectivity index (χ0n) is 18.1. The summed E-state index contributed by atoms with van der Waals surface area (Å²) in [4.78, 5) is 40.7. The number of nitrogens with two attached hydrogens (primary N) is 1. The monoisotopic (exact) mass is 421 g/mol. The van der Waals surface area contributed by atoms with Gasteiger partial charge in [0, 0.05) is 39.0 Å². The van der Waals surface area contributed by atoms with Crippen LogP contribution in [0.1, 0.15) is 31.7 Å². The summed E-state index contributed by atoms with van der Waals surface area (Å²) >= 11 is 0. The Bertz CT molecular complexity index is 913. The van der Waals surface area contributed by atoms with Gasteiger partial charge in [0.25, 0.3) is 0 Å². The molecule has 164 valence electrons. The van der Waals surface area contributed by atoms with Crippen molar-refractivity contribution >= 4 is 17.7 Å². The van der Waals surface area contributed by atoms with E-state index in [1.807, 2.05) is 42.2 Å². The van der Waals surface area contributed by atoms with Gasteiger partial charge in [0.1, 0.15) is 0 Å². The summed E-state index contributed by atoms with van der Waals surface area (Å²) in [6.07, 6.45) is 1.55. The number of hydrogen-bond donors (Lipinski definition) is 1. The van der Waals surface area contributed by atoms with Crippen molar-refractivity contribution in [3.8, 4) is 11.1 Å². The topological polar surface area (TPSA) is 83.7 Å². The summed E-state index contributed by atoms with van der Waals surface area (Å²) in [5.41, 5.74) is 8.52. The van der Waals surface area contributed by atoms with Gasteiger partial charge in [-0.3, -0.25) is 14.4 Å². The number of carbonyl (C=O) groups excluding carboxylic acids is 3. The van der Waals surface area contributed by atoms with Crippen LogP contribution in [0.25, 0.3) is 11.1 Å². The average Bonchev–Trinajstić information content (AvgIpc) is 2.93. The minimum atomic E-state index is -0.486. The molecule has 1 heterocycles. The van der Waals surface area contributed by atoms with Crippen LogP contribution >= 0.6 is 0 Å². The molecule has 0 radical (unpaired) electrons. The number of hydrogen-bond acceptors (Lipinski definition) is 3. The molecule has 1 unspecified atom stereocenters. The van der Waals surface area contributed by atoms with Crippen LogP contribution in [-0.2, 0) is 20.8 Å². The molecule has 1 aliphatic heterocycles. The maximum atomic E-state index is 13.3. The first-order valence-electron chi connectivity index (χ1n) is 11.0. The largest absolute Gasteiger partial charge is 0.370 e. The van der Waals surface area contributed by atoms with E-state index in [4.69, 9.17) is 5.73 Å². The average molecular weight is 422 g/mol. The maximum Gasteiger partial charge on any atom is 0.227 e. The van der Waals surface area contributed by atoms with E-state index >= 15 is 0 Å². The Hall–Kier alpha value is -3.15. The highest BCUT2D eigenvalue weighted by atomic mass is 16.2. The summed E-state index contributed by atoms with van der Waals surface area (Å²) in [6.45, 7) is 4.10. The summed E-state index contributed by atoms with van der Waals surface area (Å²) in [5.74, 6) is -0.835. The molecule has 3 rings (SSSR count). The number of primary amides is 1. The fourth-order valence-corrected chi connectivity index (χ4v) is 4.17. The van der Waals surface area contributed by atoms with Crippen molar-refractivity contribution in [1.29, 1.82) is 0 Å². The molecule has 2 N–H and O–H groups in total. The zero-order chi connectivity index (χ0) is 22.2. The molecule has 0 aromatic heterocycles. The third-order valence-electron chi connectivity index (χ3n) is 5.74. The highest BCUT2D eigenvalue weighted by Gasteiger charge is 2.32. The molecule has 31 heavy (non-hydrogen) atoms. The van der Waals surface area contributed by atoms with Gasteiger partial charge < -0.3 is 15.5 Å². The second-order valence-electron chi connectivity index (χ2n) is 8.06. The van der Waals surface area contributed by atoms with Crippen molar-refractivity contribution in [3.63, 3.8) is 0 Å². The number of rotatable bonds is 8. The van der Waals surface area contributed by atoms with Crippen molar-refractivity contribution in [2.75, 3.05) is 26.2 Å². The molecule has 1 atom stereocenters. The Kier molecular flexibility index (Phi) is 7.82. The fourth-order valence-electron chi connectivity index (χ4n) is 4.17. The Morgan fingerprint density at radius 3 is 2.42 bits per heavy atom. The lowest BCUT2D eigenvalue weighted by molar-refractivity contribution is -0.135. The van der Waals surface area contributed by atoms with Crippen molar-refractivity contribution in [3.05, 3.63) is 60.2 Å². The first-order valence-corrected chi connectivity index (χ1v) is 11.0. The van der Waals surface area contributed by atoms with Gasteiger partial charge in [-0.05, 0) is 29.5 Å². The van der Waals surface area contributed by atoms with E-state index in [-0.39, 0.29) is 30.6 Å². The van der Waals surface area contributed by atoms with Crippen molar-refractivity contribution in [1.82, 2.24) is 9.80 Å². The van der Waals surface area contributed by atoms with Gasteiger partial charge in [-0.1, -0.05) is 61.5 Å². The summed E-state index contributed by atoms with van der Waals surface area (Å²) in [5, 5.41) is 0. The van der Waals surface area contributed by atoms with E-state index in [9.17, 15) is 14.4 Å². The SMILES string of the molecule is CCCN1CCN(C(=O)CCC(N)=O)CC(Cc2ccccc2-c2ccccc2)C1=O. The minimum absolute atomic E-state index is 0.0312. The van der Waals surface area contributed by atoms with Crippen molar-refractivity contribution < 1.29 is 14.4 Å². The van der Waals surface area contributed by atoms with Gasteiger partial charge in [-0.25, -0.2) is 0 Å². The van der Waals surface area contributed by atoms with Crippen molar-refractivity contribution in [2.45, 2.75) is 32.6 Å². The molecule has 2 aromatic rings. The van der Waals surface area contributed by atoms with Crippen LogP contribution in [0, 0.1) is 5.92 Å². The standard InChI is InChI=1S/C25H31N3O3/c1-2-14-27-15-16-28(24(30)13-12-23(26)29)18-21(25(27)31)17-20-10-6-7-11-22(20)19-8-4-3-5-9-19/h3-11,21H,2,12-18H2,1H3,(H2,26,29). The molecule has 6 heteroatoms. The quantitative estimate of drug-likeness (QED) is 0.711. The smallest absolute Gasteiger partial charge is 0.227 e. The summed E-state index contributed by atoms with van der Waals surface area (Å²) in [7, 11) is 0. The lowest BCUT2D eigenvalue weighted by Gasteiger charge is -2.24. The van der Waals surface area contributed by atoms with Crippen LogP contribution in [0.4, 0.5) is 0 Å². The van der Waals surface area contributed by atoms with Gasteiger partial charge in [0.05, 0.1) is 5.92 Å². The highest BCUT2D eigenvalue weighted by molar-refractivity contribution is 5.85. The first-order chi connectivity index (χ1) is 15.0.